The molecular weight excluding hydrogens is 139 g/mol. The van der Waals surface area contributed by atoms with Crippen LogP contribution < -0.4 is 0 Å². The van der Waals surface area contributed by atoms with Gasteiger partial charge in [-0.2, -0.15) is 0 Å². The molecule has 0 saturated heterocycles. The average molecular weight is 159 g/mol. The molecule has 1 heteroatoms. The maximum Gasteiger partial charge on any atom is 0.144 e. The van der Waals surface area contributed by atoms with Crippen molar-refractivity contribution in [1.29, 1.82) is 0 Å². The lowest BCUT2D eigenvalue weighted by Crippen LogP contribution is -1.89. The molecule has 0 amide bonds. The minimum absolute atomic E-state index is 0.209. The summed E-state index contributed by atoms with van der Waals surface area (Å²) < 4.78 is 12.8. The lowest BCUT2D eigenvalue weighted by atomic mass is 10.1. The van der Waals surface area contributed by atoms with Gasteiger partial charge in [0.25, 0.3) is 0 Å². The number of rotatable bonds is 7. The number of unbranched alkanes of at least 4 members (excludes halogenated alkanes) is 3. The minimum Gasteiger partial charge on any atom is -0.240 e. The van der Waals surface area contributed by atoms with Crippen LogP contribution in [0.25, 0.3) is 0 Å². The van der Waals surface area contributed by atoms with Crippen molar-refractivity contribution in [2.45, 2.75) is 58.8 Å². The molecule has 0 nitrogen and oxygen atoms in total. The smallest absolute Gasteiger partial charge is 0.144 e. The van der Waals surface area contributed by atoms with E-state index < -0.39 is 0 Å². The number of halogens is 1. The zero-order valence-corrected chi connectivity index (χ0v) is 7.83. The molecule has 0 aliphatic rings. The summed E-state index contributed by atoms with van der Waals surface area (Å²) in [6.07, 6.45) is 7.10. The molecule has 0 rings (SSSR count). The number of hydrogen-bond acceptors (Lipinski definition) is 0. The summed E-state index contributed by atoms with van der Waals surface area (Å²) in [5.74, 6) is 0. The maximum absolute atomic E-state index is 12.8. The summed E-state index contributed by atoms with van der Waals surface area (Å²) in [5.41, 5.74) is 0. The molecule has 0 bridgehead atoms. The Labute approximate surface area is 70.2 Å². The van der Waals surface area contributed by atoms with Gasteiger partial charge in [-0.15, -0.1) is 0 Å². The van der Waals surface area contributed by atoms with Crippen molar-refractivity contribution >= 4 is 0 Å². The lowest BCUT2D eigenvalue weighted by molar-refractivity contribution is 0.405. The Bertz CT molecular complexity index is 71.3. The fourth-order valence-corrected chi connectivity index (χ4v) is 1.06. The van der Waals surface area contributed by atoms with E-state index in [0.29, 0.717) is 12.8 Å². The molecular formula is C10H20F. The van der Waals surface area contributed by atoms with Gasteiger partial charge in [0.05, 0.1) is 0 Å². The van der Waals surface area contributed by atoms with Gasteiger partial charge >= 0.3 is 0 Å². The highest BCUT2D eigenvalue weighted by Gasteiger charge is 2.05. The fourth-order valence-electron chi connectivity index (χ4n) is 1.06. The summed E-state index contributed by atoms with van der Waals surface area (Å²) in [6.45, 7) is 4.24. The molecule has 0 aliphatic heterocycles. The van der Waals surface area contributed by atoms with Crippen LogP contribution in [-0.2, 0) is 0 Å². The third kappa shape index (κ3) is 7.83. The van der Waals surface area contributed by atoms with Gasteiger partial charge in [-0.3, -0.25) is 0 Å². The van der Waals surface area contributed by atoms with Crippen molar-refractivity contribution in [3.05, 3.63) is 6.17 Å². The topological polar surface area (TPSA) is 0 Å². The molecule has 0 heterocycles. The Balaban J connectivity index is 3.02. The van der Waals surface area contributed by atoms with Crippen molar-refractivity contribution in [3.8, 4) is 0 Å². The van der Waals surface area contributed by atoms with Crippen LogP contribution in [-0.4, -0.2) is 0 Å². The van der Waals surface area contributed by atoms with Gasteiger partial charge in [0.2, 0.25) is 0 Å². The van der Waals surface area contributed by atoms with Crippen LogP contribution in [0.5, 0.6) is 0 Å². The van der Waals surface area contributed by atoms with Crippen LogP contribution in [0.2, 0.25) is 0 Å². The molecule has 0 aromatic rings. The van der Waals surface area contributed by atoms with Crippen LogP contribution in [0.15, 0.2) is 0 Å². The summed E-state index contributed by atoms with van der Waals surface area (Å²) in [4.78, 5) is 0. The minimum atomic E-state index is 0.209. The first-order chi connectivity index (χ1) is 5.31. The zero-order chi connectivity index (χ0) is 8.53. The standard InChI is InChI=1S/C10H20F/c1-3-5-7-9-10(11)8-6-4-2/h3-9H2,1-2H3. The van der Waals surface area contributed by atoms with E-state index >= 15 is 0 Å². The molecule has 0 atom stereocenters. The van der Waals surface area contributed by atoms with Gasteiger partial charge in [-0.25, -0.2) is 4.39 Å². The third-order valence-corrected chi connectivity index (χ3v) is 1.85. The Morgan fingerprint density at radius 1 is 0.909 bits per heavy atom. The van der Waals surface area contributed by atoms with Gasteiger partial charge in [-0.05, 0) is 12.8 Å². The molecule has 0 aliphatic carbocycles. The molecule has 0 fully saturated rings. The molecule has 11 heavy (non-hydrogen) atoms. The number of hydrogen-bond donors (Lipinski definition) is 0. The van der Waals surface area contributed by atoms with E-state index in [9.17, 15) is 4.39 Å². The highest BCUT2D eigenvalue weighted by Crippen LogP contribution is 2.19. The zero-order valence-electron chi connectivity index (χ0n) is 7.83. The largest absolute Gasteiger partial charge is 0.240 e. The predicted molar refractivity (Wildman–Crippen MR) is 48.0 cm³/mol. The van der Waals surface area contributed by atoms with Crippen molar-refractivity contribution in [2.75, 3.05) is 0 Å². The molecule has 1 radical (unpaired) electrons. The van der Waals surface area contributed by atoms with E-state index in [-0.39, 0.29) is 6.17 Å². The maximum atomic E-state index is 12.8. The second kappa shape index (κ2) is 8.03. The van der Waals surface area contributed by atoms with Crippen molar-refractivity contribution < 1.29 is 4.39 Å². The lowest BCUT2D eigenvalue weighted by Gasteiger charge is -2.04. The highest BCUT2D eigenvalue weighted by molar-refractivity contribution is 4.74. The molecule has 0 N–H and O–H groups in total. The van der Waals surface area contributed by atoms with Crippen LogP contribution in [0.3, 0.4) is 0 Å². The van der Waals surface area contributed by atoms with Crippen LogP contribution in [0.4, 0.5) is 4.39 Å². The first-order valence-corrected chi connectivity index (χ1v) is 4.81. The van der Waals surface area contributed by atoms with E-state index in [0.717, 1.165) is 19.3 Å². The van der Waals surface area contributed by atoms with Gasteiger partial charge in [0, 0.05) is 0 Å². The summed E-state index contributed by atoms with van der Waals surface area (Å²) >= 11 is 0. The van der Waals surface area contributed by atoms with Crippen LogP contribution >= 0.6 is 0 Å². The molecule has 0 unspecified atom stereocenters. The van der Waals surface area contributed by atoms with Crippen LogP contribution in [0, 0.1) is 6.17 Å². The Kier molecular flexibility index (Phi) is 7.98. The predicted octanol–water partition coefficient (Wildman–Crippen LogP) is 4.26. The summed E-state index contributed by atoms with van der Waals surface area (Å²) in [6, 6.07) is 0. The Morgan fingerprint density at radius 3 is 2.00 bits per heavy atom. The molecule has 0 aromatic heterocycles. The summed E-state index contributed by atoms with van der Waals surface area (Å²) in [7, 11) is 0. The van der Waals surface area contributed by atoms with Crippen molar-refractivity contribution in [3.63, 3.8) is 0 Å². The Morgan fingerprint density at radius 2 is 1.45 bits per heavy atom. The first kappa shape index (κ1) is 10.9. The second-order valence-electron chi connectivity index (χ2n) is 3.08. The Hall–Kier alpha value is -0.0700. The van der Waals surface area contributed by atoms with E-state index in [4.69, 9.17) is 0 Å². The first-order valence-electron chi connectivity index (χ1n) is 4.81. The van der Waals surface area contributed by atoms with E-state index in [1.165, 1.54) is 12.8 Å². The average Bonchev–Trinajstić information content (AvgIpc) is 2.01. The highest BCUT2D eigenvalue weighted by atomic mass is 19.1. The second-order valence-corrected chi connectivity index (χ2v) is 3.08. The van der Waals surface area contributed by atoms with E-state index in [2.05, 4.69) is 13.8 Å². The SMILES string of the molecule is CCCCC[C](F)CCCC. The summed E-state index contributed by atoms with van der Waals surface area (Å²) in [5, 5.41) is 0. The van der Waals surface area contributed by atoms with Crippen molar-refractivity contribution in [1.82, 2.24) is 0 Å². The molecule has 67 valence electrons. The molecule has 0 aromatic carbocycles. The quantitative estimate of drug-likeness (QED) is 0.487. The normalized spacial score (nSPS) is 10.9. The van der Waals surface area contributed by atoms with E-state index in [1.807, 2.05) is 0 Å². The monoisotopic (exact) mass is 159 g/mol. The van der Waals surface area contributed by atoms with E-state index in [1.54, 1.807) is 0 Å². The molecule has 0 spiro atoms. The molecule has 0 saturated carbocycles. The fraction of sp³-hybridized carbons (Fsp3) is 0.900. The van der Waals surface area contributed by atoms with Gasteiger partial charge in [-0.1, -0.05) is 46.0 Å². The van der Waals surface area contributed by atoms with Gasteiger partial charge in [0.15, 0.2) is 0 Å². The van der Waals surface area contributed by atoms with Crippen molar-refractivity contribution in [2.24, 2.45) is 0 Å². The van der Waals surface area contributed by atoms with Crippen LogP contribution in [0.1, 0.15) is 58.8 Å². The van der Waals surface area contributed by atoms with Gasteiger partial charge in [0.1, 0.15) is 6.17 Å². The third-order valence-electron chi connectivity index (χ3n) is 1.85. The van der Waals surface area contributed by atoms with Gasteiger partial charge < -0.3 is 0 Å².